The maximum atomic E-state index is 10.7. The summed E-state index contributed by atoms with van der Waals surface area (Å²) >= 11 is 0. The van der Waals surface area contributed by atoms with Crippen molar-refractivity contribution in [2.45, 2.75) is 0 Å². The molecule has 1 heterocycles. The van der Waals surface area contributed by atoms with Gasteiger partial charge in [0.15, 0.2) is 5.78 Å². The second-order valence-electron chi connectivity index (χ2n) is 2.27. The van der Waals surface area contributed by atoms with Crippen LogP contribution in [0.4, 0.5) is 0 Å². The maximum Gasteiger partial charge on any atom is 0.336 e. The molecular formula is C8H4O3. The Balaban J connectivity index is 2.47. The van der Waals surface area contributed by atoms with Gasteiger partial charge in [0.05, 0.1) is 0 Å². The number of esters is 1. The number of fused-ring (bicyclic) bond motifs is 1. The summed E-state index contributed by atoms with van der Waals surface area (Å²) < 4.78 is 4.69. The third-order valence-corrected chi connectivity index (χ3v) is 1.47. The van der Waals surface area contributed by atoms with Crippen LogP contribution >= 0.6 is 0 Å². The molecule has 0 saturated heterocycles. The topological polar surface area (TPSA) is 43.4 Å². The predicted octanol–water partition coefficient (Wildman–Crippen LogP) is 0.492. The van der Waals surface area contributed by atoms with Crippen molar-refractivity contribution in [3.8, 4) is 0 Å². The van der Waals surface area contributed by atoms with Gasteiger partial charge in [-0.05, 0) is 12.2 Å². The smallest absolute Gasteiger partial charge is 0.336 e. The fourth-order valence-corrected chi connectivity index (χ4v) is 0.987. The summed E-state index contributed by atoms with van der Waals surface area (Å²) in [4.78, 5) is 21.4. The van der Waals surface area contributed by atoms with E-state index in [1.807, 2.05) is 0 Å². The summed E-state index contributed by atoms with van der Waals surface area (Å²) in [6.07, 6.45) is 5.63. The highest BCUT2D eigenvalue weighted by Crippen LogP contribution is 2.23. The van der Waals surface area contributed by atoms with E-state index in [2.05, 4.69) is 0 Å². The van der Waals surface area contributed by atoms with E-state index in [4.69, 9.17) is 4.74 Å². The van der Waals surface area contributed by atoms with Gasteiger partial charge < -0.3 is 4.74 Å². The third-order valence-electron chi connectivity index (χ3n) is 1.47. The van der Waals surface area contributed by atoms with Crippen LogP contribution in [0, 0.1) is 0 Å². The molecule has 0 aromatic heterocycles. The molecule has 0 N–H and O–H groups in total. The van der Waals surface area contributed by atoms with E-state index in [0.29, 0.717) is 11.3 Å². The van der Waals surface area contributed by atoms with Crippen molar-refractivity contribution in [3.05, 3.63) is 35.6 Å². The highest BCUT2D eigenvalue weighted by molar-refractivity contribution is 6.04. The standard InChI is InChI=1S/C8H4O3/c9-6-2-1-5-3-8(10)11-7(5)4-6/h1-4H. The normalized spacial score (nSPS) is 20.7. The van der Waals surface area contributed by atoms with E-state index in [9.17, 15) is 9.59 Å². The van der Waals surface area contributed by atoms with Gasteiger partial charge in [-0.2, -0.15) is 0 Å². The van der Waals surface area contributed by atoms with Crippen LogP contribution in [-0.2, 0) is 14.3 Å². The van der Waals surface area contributed by atoms with E-state index < -0.39 is 5.97 Å². The second kappa shape index (κ2) is 1.92. The molecule has 0 spiro atoms. The summed E-state index contributed by atoms with van der Waals surface area (Å²) in [6.45, 7) is 0. The Hall–Kier alpha value is -1.64. The Morgan fingerprint density at radius 2 is 1.91 bits per heavy atom. The Bertz CT molecular complexity index is 331. The molecule has 0 unspecified atom stereocenters. The molecule has 3 heteroatoms. The molecule has 2 rings (SSSR count). The molecule has 0 saturated carbocycles. The predicted molar refractivity (Wildman–Crippen MR) is 36.4 cm³/mol. The Morgan fingerprint density at radius 1 is 1.09 bits per heavy atom. The van der Waals surface area contributed by atoms with Gasteiger partial charge in [0, 0.05) is 17.7 Å². The summed E-state index contributed by atoms with van der Waals surface area (Å²) in [7, 11) is 0. The third kappa shape index (κ3) is 0.902. The fraction of sp³-hybridized carbons (Fsp3) is 0. The summed E-state index contributed by atoms with van der Waals surface area (Å²) in [6, 6.07) is 0. The molecule has 11 heavy (non-hydrogen) atoms. The first kappa shape index (κ1) is 6.09. The van der Waals surface area contributed by atoms with E-state index in [-0.39, 0.29) is 5.78 Å². The van der Waals surface area contributed by atoms with Gasteiger partial charge in [0.1, 0.15) is 5.76 Å². The first-order chi connectivity index (χ1) is 5.25. The van der Waals surface area contributed by atoms with Crippen LogP contribution in [0.1, 0.15) is 0 Å². The summed E-state index contributed by atoms with van der Waals surface area (Å²) in [5, 5.41) is 0. The van der Waals surface area contributed by atoms with Crippen LogP contribution in [0.2, 0.25) is 0 Å². The highest BCUT2D eigenvalue weighted by Gasteiger charge is 2.21. The van der Waals surface area contributed by atoms with Gasteiger partial charge in [-0.3, -0.25) is 4.79 Å². The minimum absolute atomic E-state index is 0.146. The van der Waals surface area contributed by atoms with E-state index in [1.165, 1.54) is 18.2 Å². The van der Waals surface area contributed by atoms with Gasteiger partial charge in [0.25, 0.3) is 0 Å². The number of carbonyl (C=O) groups is 2. The number of allylic oxidation sites excluding steroid dienone is 3. The zero-order valence-corrected chi connectivity index (χ0v) is 5.53. The van der Waals surface area contributed by atoms with Gasteiger partial charge in [0.2, 0.25) is 0 Å². The monoisotopic (exact) mass is 148 g/mol. The van der Waals surface area contributed by atoms with E-state index >= 15 is 0 Å². The molecule has 0 fully saturated rings. The molecule has 2 aliphatic rings. The van der Waals surface area contributed by atoms with Gasteiger partial charge in [-0.15, -0.1) is 0 Å². The van der Waals surface area contributed by atoms with Crippen molar-refractivity contribution in [3.63, 3.8) is 0 Å². The number of ether oxygens (including phenoxy) is 1. The molecule has 3 nitrogen and oxygen atoms in total. The Morgan fingerprint density at radius 3 is 2.73 bits per heavy atom. The second-order valence-corrected chi connectivity index (χ2v) is 2.27. The summed E-state index contributed by atoms with van der Waals surface area (Å²) in [5.74, 6) is -0.194. The van der Waals surface area contributed by atoms with Crippen molar-refractivity contribution in [1.82, 2.24) is 0 Å². The lowest BCUT2D eigenvalue weighted by atomic mass is 10.1. The zero-order valence-electron chi connectivity index (χ0n) is 5.53. The van der Waals surface area contributed by atoms with Gasteiger partial charge in [-0.1, -0.05) is 0 Å². The first-order valence-corrected chi connectivity index (χ1v) is 3.13. The molecule has 0 radical (unpaired) electrons. The largest absolute Gasteiger partial charge is 0.423 e. The average molecular weight is 148 g/mol. The van der Waals surface area contributed by atoms with Gasteiger partial charge in [-0.25, -0.2) is 4.79 Å². The number of hydrogen-bond donors (Lipinski definition) is 0. The maximum absolute atomic E-state index is 10.7. The molecule has 54 valence electrons. The van der Waals surface area contributed by atoms with Crippen molar-refractivity contribution in [1.29, 1.82) is 0 Å². The molecule has 1 aliphatic carbocycles. The molecule has 0 bridgehead atoms. The van der Waals surface area contributed by atoms with Crippen LogP contribution in [-0.4, -0.2) is 11.8 Å². The highest BCUT2D eigenvalue weighted by atomic mass is 16.5. The van der Waals surface area contributed by atoms with Crippen molar-refractivity contribution in [2.75, 3.05) is 0 Å². The molecule has 0 amide bonds. The zero-order chi connectivity index (χ0) is 7.84. The number of carbonyl (C=O) groups excluding carboxylic acids is 2. The van der Waals surface area contributed by atoms with Crippen LogP contribution in [0.25, 0.3) is 0 Å². The lowest BCUT2D eigenvalue weighted by Gasteiger charge is -2.01. The average Bonchev–Trinajstić information content (AvgIpc) is 2.27. The van der Waals surface area contributed by atoms with Crippen LogP contribution in [0.5, 0.6) is 0 Å². The number of hydrogen-bond acceptors (Lipinski definition) is 3. The van der Waals surface area contributed by atoms with Crippen LogP contribution < -0.4 is 0 Å². The van der Waals surface area contributed by atoms with E-state index in [1.54, 1.807) is 6.08 Å². The van der Waals surface area contributed by atoms with Gasteiger partial charge >= 0.3 is 5.97 Å². The van der Waals surface area contributed by atoms with Crippen molar-refractivity contribution in [2.24, 2.45) is 0 Å². The summed E-state index contributed by atoms with van der Waals surface area (Å²) in [5.41, 5.74) is 0.676. The lowest BCUT2D eigenvalue weighted by molar-refractivity contribution is -0.132. The SMILES string of the molecule is O=C1C=CC2=CC(=O)OC2=C1. The number of rotatable bonds is 0. The Labute approximate surface area is 62.6 Å². The minimum atomic E-state index is -0.411. The lowest BCUT2D eigenvalue weighted by Crippen LogP contribution is -1.98. The number of ketones is 1. The molecule has 0 atom stereocenters. The Kier molecular flexibility index (Phi) is 1.06. The molecular weight excluding hydrogens is 144 g/mol. The van der Waals surface area contributed by atoms with Crippen molar-refractivity contribution < 1.29 is 14.3 Å². The molecule has 1 aliphatic heterocycles. The first-order valence-electron chi connectivity index (χ1n) is 3.13. The van der Waals surface area contributed by atoms with Crippen LogP contribution in [0.3, 0.4) is 0 Å². The quantitative estimate of drug-likeness (QED) is 0.469. The van der Waals surface area contributed by atoms with E-state index in [0.717, 1.165) is 0 Å². The fourth-order valence-electron chi connectivity index (χ4n) is 0.987. The molecule has 0 aromatic carbocycles. The van der Waals surface area contributed by atoms with Crippen LogP contribution in [0.15, 0.2) is 35.6 Å². The van der Waals surface area contributed by atoms with Crippen molar-refractivity contribution >= 4 is 11.8 Å². The molecule has 0 aromatic rings. The minimum Gasteiger partial charge on any atom is -0.423 e.